The Kier molecular flexibility index (Phi) is 3.91. The third-order valence-corrected chi connectivity index (χ3v) is 3.83. The number of ether oxygens (including phenoxy) is 1. The maximum absolute atomic E-state index is 12.2. The van der Waals surface area contributed by atoms with Crippen LogP contribution in [-0.4, -0.2) is 15.5 Å². The minimum atomic E-state index is -4.06. The summed E-state index contributed by atoms with van der Waals surface area (Å²) in [5, 5.41) is 8.94. The third-order valence-electron chi connectivity index (χ3n) is 2.52. The van der Waals surface area contributed by atoms with Gasteiger partial charge in [-0.15, -0.1) is 0 Å². The van der Waals surface area contributed by atoms with Crippen LogP contribution in [0.3, 0.4) is 0 Å². The first-order valence-corrected chi connectivity index (χ1v) is 7.05. The van der Waals surface area contributed by atoms with Crippen molar-refractivity contribution in [1.29, 1.82) is 5.26 Å². The Morgan fingerprint density at radius 2 is 1.75 bits per heavy atom. The first-order chi connectivity index (χ1) is 9.56. The Labute approximate surface area is 117 Å². The van der Waals surface area contributed by atoms with E-state index in [0.717, 1.165) is 0 Å². The van der Waals surface area contributed by atoms with E-state index in [-0.39, 0.29) is 16.2 Å². The summed E-state index contributed by atoms with van der Waals surface area (Å²) in [4.78, 5) is -0.162. The summed E-state index contributed by atoms with van der Waals surface area (Å²) in [7, 11) is -2.59. The van der Waals surface area contributed by atoms with Crippen molar-refractivity contribution in [3.05, 3.63) is 54.1 Å². The van der Waals surface area contributed by atoms with Crippen LogP contribution in [0.2, 0.25) is 0 Å². The molecule has 0 fully saturated rings. The molecule has 0 atom stereocenters. The number of nitriles is 1. The summed E-state index contributed by atoms with van der Waals surface area (Å²) in [5.41, 5.74) is 0.0374. The molecule has 0 aliphatic rings. The summed E-state index contributed by atoms with van der Waals surface area (Å²) in [6, 6.07) is 13.9. The highest BCUT2D eigenvalue weighted by atomic mass is 32.2. The lowest BCUT2D eigenvalue weighted by Crippen LogP contribution is -2.11. The Hall–Kier alpha value is -2.52. The van der Waals surface area contributed by atoms with Crippen LogP contribution in [0.4, 0.5) is 0 Å². The second kappa shape index (κ2) is 5.63. The number of hydrogen-bond donors (Lipinski definition) is 0. The molecule has 0 N–H and O–H groups in total. The van der Waals surface area contributed by atoms with Crippen molar-refractivity contribution in [2.75, 3.05) is 7.11 Å². The lowest BCUT2D eigenvalue weighted by molar-refractivity contribution is 0.411. The van der Waals surface area contributed by atoms with Crippen LogP contribution in [0, 0.1) is 11.3 Å². The highest BCUT2D eigenvalue weighted by molar-refractivity contribution is 7.87. The van der Waals surface area contributed by atoms with Crippen LogP contribution in [0.5, 0.6) is 11.5 Å². The second-order valence-corrected chi connectivity index (χ2v) is 5.34. The van der Waals surface area contributed by atoms with E-state index in [1.807, 2.05) is 6.07 Å². The van der Waals surface area contributed by atoms with Gasteiger partial charge < -0.3 is 8.92 Å². The smallest absolute Gasteiger partial charge is 0.340 e. The molecule has 0 heterocycles. The summed E-state index contributed by atoms with van der Waals surface area (Å²) in [6.07, 6.45) is 0. The van der Waals surface area contributed by atoms with Crippen molar-refractivity contribution >= 4 is 10.1 Å². The van der Waals surface area contributed by atoms with Gasteiger partial charge in [-0.2, -0.15) is 13.7 Å². The number of hydrogen-bond acceptors (Lipinski definition) is 5. The quantitative estimate of drug-likeness (QED) is 0.807. The molecule has 0 bridgehead atoms. The van der Waals surface area contributed by atoms with E-state index in [1.54, 1.807) is 18.2 Å². The molecule has 0 unspecified atom stereocenters. The van der Waals surface area contributed by atoms with Crippen LogP contribution in [0.1, 0.15) is 5.56 Å². The first kappa shape index (κ1) is 13.9. The van der Waals surface area contributed by atoms with Crippen LogP contribution in [0.25, 0.3) is 0 Å². The van der Waals surface area contributed by atoms with Gasteiger partial charge >= 0.3 is 10.1 Å². The molecule has 20 heavy (non-hydrogen) atoms. The molecule has 0 aliphatic heterocycles. The largest absolute Gasteiger partial charge is 0.497 e. The summed E-state index contributed by atoms with van der Waals surface area (Å²) >= 11 is 0. The van der Waals surface area contributed by atoms with Crippen LogP contribution < -0.4 is 8.92 Å². The van der Waals surface area contributed by atoms with E-state index < -0.39 is 10.1 Å². The van der Waals surface area contributed by atoms with Gasteiger partial charge in [-0.05, 0) is 24.3 Å². The lowest BCUT2D eigenvalue weighted by Gasteiger charge is -2.09. The van der Waals surface area contributed by atoms with Crippen molar-refractivity contribution in [1.82, 2.24) is 0 Å². The molecule has 0 radical (unpaired) electrons. The molecule has 0 amide bonds. The van der Waals surface area contributed by atoms with E-state index in [2.05, 4.69) is 0 Å². The van der Waals surface area contributed by atoms with Crippen molar-refractivity contribution in [2.24, 2.45) is 0 Å². The number of benzene rings is 2. The van der Waals surface area contributed by atoms with Gasteiger partial charge in [-0.25, -0.2) is 0 Å². The normalized spacial score (nSPS) is 10.6. The van der Waals surface area contributed by atoms with Crippen molar-refractivity contribution in [2.45, 2.75) is 4.90 Å². The first-order valence-electron chi connectivity index (χ1n) is 5.64. The molecule has 0 saturated carbocycles. The molecule has 0 aliphatic carbocycles. The standard InChI is InChI=1S/C14H11NO4S/c1-18-12-6-4-7-13(9-12)19-20(16,17)14-8-3-2-5-11(14)10-15/h2-9H,1H3. The van der Waals surface area contributed by atoms with Crippen LogP contribution in [-0.2, 0) is 10.1 Å². The lowest BCUT2D eigenvalue weighted by atomic mass is 10.2. The van der Waals surface area contributed by atoms with Gasteiger partial charge in [-0.3, -0.25) is 0 Å². The molecular weight excluding hydrogens is 278 g/mol. The molecule has 6 heteroatoms. The van der Waals surface area contributed by atoms with Gasteiger partial charge in [0.2, 0.25) is 0 Å². The third kappa shape index (κ3) is 2.90. The molecule has 0 spiro atoms. The van der Waals surface area contributed by atoms with E-state index in [1.165, 1.54) is 37.4 Å². The van der Waals surface area contributed by atoms with Gasteiger partial charge in [0.15, 0.2) is 0 Å². The zero-order valence-electron chi connectivity index (χ0n) is 10.6. The van der Waals surface area contributed by atoms with Gasteiger partial charge in [0.1, 0.15) is 22.5 Å². The fourth-order valence-electron chi connectivity index (χ4n) is 1.60. The monoisotopic (exact) mass is 289 g/mol. The molecule has 0 saturated heterocycles. The molecule has 2 aromatic carbocycles. The molecular formula is C14H11NO4S. The van der Waals surface area contributed by atoms with Crippen LogP contribution >= 0.6 is 0 Å². The van der Waals surface area contributed by atoms with E-state index in [4.69, 9.17) is 14.2 Å². The zero-order valence-corrected chi connectivity index (χ0v) is 11.4. The number of methoxy groups -OCH3 is 1. The Balaban J connectivity index is 2.39. The highest BCUT2D eigenvalue weighted by Crippen LogP contribution is 2.24. The van der Waals surface area contributed by atoms with Crippen molar-refractivity contribution in [3.63, 3.8) is 0 Å². The SMILES string of the molecule is COc1cccc(OS(=O)(=O)c2ccccc2C#N)c1. The van der Waals surface area contributed by atoms with Crippen LogP contribution in [0.15, 0.2) is 53.4 Å². The second-order valence-electron chi connectivity index (χ2n) is 3.82. The molecule has 2 rings (SSSR count). The number of rotatable bonds is 4. The molecule has 102 valence electrons. The van der Waals surface area contributed by atoms with Gasteiger partial charge in [0.05, 0.1) is 12.7 Å². The van der Waals surface area contributed by atoms with E-state index in [9.17, 15) is 8.42 Å². The summed E-state index contributed by atoms with van der Waals surface area (Å²) in [5.74, 6) is 0.600. The summed E-state index contributed by atoms with van der Waals surface area (Å²) < 4.78 is 34.3. The fraction of sp³-hybridized carbons (Fsp3) is 0.0714. The maximum Gasteiger partial charge on any atom is 0.340 e. The van der Waals surface area contributed by atoms with Gasteiger partial charge in [-0.1, -0.05) is 18.2 Å². The number of nitrogens with zero attached hydrogens (tertiary/aromatic N) is 1. The van der Waals surface area contributed by atoms with Gasteiger partial charge in [0, 0.05) is 6.07 Å². The van der Waals surface area contributed by atoms with Crippen molar-refractivity contribution in [3.8, 4) is 17.6 Å². The minimum Gasteiger partial charge on any atom is -0.497 e. The van der Waals surface area contributed by atoms with Gasteiger partial charge in [0.25, 0.3) is 0 Å². The predicted molar refractivity (Wildman–Crippen MR) is 72.0 cm³/mol. The Morgan fingerprint density at radius 3 is 2.45 bits per heavy atom. The summed E-state index contributed by atoms with van der Waals surface area (Å²) in [6.45, 7) is 0. The minimum absolute atomic E-state index is 0.0374. The molecule has 2 aromatic rings. The predicted octanol–water partition coefficient (Wildman–Crippen LogP) is 2.33. The van der Waals surface area contributed by atoms with E-state index in [0.29, 0.717) is 5.75 Å². The van der Waals surface area contributed by atoms with Crippen molar-refractivity contribution < 1.29 is 17.3 Å². The topological polar surface area (TPSA) is 76.4 Å². The fourth-order valence-corrected chi connectivity index (χ4v) is 2.68. The Morgan fingerprint density at radius 1 is 1.05 bits per heavy atom. The maximum atomic E-state index is 12.2. The highest BCUT2D eigenvalue weighted by Gasteiger charge is 2.20. The average Bonchev–Trinajstić information content (AvgIpc) is 2.47. The molecule has 0 aromatic heterocycles. The Bertz CT molecular complexity index is 763. The average molecular weight is 289 g/mol. The van der Waals surface area contributed by atoms with E-state index >= 15 is 0 Å². The molecule has 5 nitrogen and oxygen atoms in total. The zero-order chi connectivity index (χ0) is 14.6.